The zero-order valence-electron chi connectivity index (χ0n) is 10.7. The molecule has 4 heteroatoms. The second kappa shape index (κ2) is 4.64. The van der Waals surface area contributed by atoms with E-state index in [1.807, 2.05) is 31.2 Å². The number of carbonyl (C=O) groups excluding carboxylic acids is 2. The summed E-state index contributed by atoms with van der Waals surface area (Å²) in [5, 5.41) is 1.01. The Kier molecular flexibility index (Phi) is 3.19. The summed E-state index contributed by atoms with van der Waals surface area (Å²) in [7, 11) is 0. The zero-order valence-corrected chi connectivity index (χ0v) is 10.7. The summed E-state index contributed by atoms with van der Waals surface area (Å²) in [5.74, 6) is -0.434. The van der Waals surface area contributed by atoms with Crippen LogP contribution in [0.4, 0.5) is 0 Å². The average molecular weight is 245 g/mol. The number of benzene rings is 1. The highest BCUT2D eigenvalue weighted by Crippen LogP contribution is 2.26. The Bertz CT molecular complexity index is 625. The number of rotatable bonds is 2. The molecule has 0 radical (unpaired) electrons. The van der Waals surface area contributed by atoms with Crippen LogP contribution in [0.25, 0.3) is 10.9 Å². The average Bonchev–Trinajstić information content (AvgIpc) is 2.60. The number of aromatic nitrogens is 1. The van der Waals surface area contributed by atoms with Gasteiger partial charge in [-0.15, -0.1) is 0 Å². The summed E-state index contributed by atoms with van der Waals surface area (Å²) < 4.78 is 6.62. The molecule has 0 aliphatic rings. The maximum Gasteiger partial charge on any atom is 0.303 e. The van der Waals surface area contributed by atoms with Crippen molar-refractivity contribution in [1.29, 1.82) is 0 Å². The predicted molar refractivity (Wildman–Crippen MR) is 68.4 cm³/mol. The molecule has 0 aliphatic carbocycles. The molecule has 1 heterocycles. The Hall–Kier alpha value is -2.10. The Morgan fingerprint density at radius 3 is 2.50 bits per heavy atom. The number of fused-ring (bicyclic) bond motifs is 1. The lowest BCUT2D eigenvalue weighted by Gasteiger charge is -2.07. The molecule has 2 rings (SSSR count). The highest BCUT2D eigenvalue weighted by atomic mass is 16.5. The van der Waals surface area contributed by atoms with E-state index >= 15 is 0 Å². The first-order chi connectivity index (χ1) is 8.52. The van der Waals surface area contributed by atoms with Crippen molar-refractivity contribution in [2.24, 2.45) is 0 Å². The molecular weight excluding hydrogens is 230 g/mol. The minimum atomic E-state index is -0.352. The zero-order chi connectivity index (χ0) is 13.3. The number of ether oxygens (including phenoxy) is 1. The summed E-state index contributed by atoms with van der Waals surface area (Å²) in [5.41, 5.74) is 2.56. The van der Waals surface area contributed by atoms with Gasteiger partial charge in [0.1, 0.15) is 6.61 Å². The summed E-state index contributed by atoms with van der Waals surface area (Å²) in [6.45, 7) is 4.91. The summed E-state index contributed by atoms with van der Waals surface area (Å²) >= 11 is 0. The maximum absolute atomic E-state index is 11.8. The Balaban J connectivity index is 2.62. The van der Waals surface area contributed by atoms with Gasteiger partial charge in [-0.1, -0.05) is 18.2 Å². The van der Waals surface area contributed by atoms with Crippen LogP contribution in [-0.4, -0.2) is 16.4 Å². The van der Waals surface area contributed by atoms with E-state index in [9.17, 15) is 9.59 Å². The molecule has 0 atom stereocenters. The SMILES string of the molecule is CC(=O)OCc1c(C)c2ccccc2n1C(C)=O. The van der Waals surface area contributed by atoms with Crippen molar-refractivity contribution < 1.29 is 14.3 Å². The molecule has 0 N–H and O–H groups in total. The quantitative estimate of drug-likeness (QED) is 0.764. The third kappa shape index (κ3) is 2.01. The van der Waals surface area contributed by atoms with Crippen LogP contribution in [0.2, 0.25) is 0 Å². The van der Waals surface area contributed by atoms with E-state index in [1.165, 1.54) is 13.8 Å². The maximum atomic E-state index is 11.8. The van der Waals surface area contributed by atoms with E-state index in [0.717, 1.165) is 22.2 Å². The molecule has 18 heavy (non-hydrogen) atoms. The molecule has 0 saturated carbocycles. The van der Waals surface area contributed by atoms with Crippen molar-refractivity contribution in [3.05, 3.63) is 35.5 Å². The third-order valence-electron chi connectivity index (χ3n) is 2.98. The van der Waals surface area contributed by atoms with E-state index in [-0.39, 0.29) is 18.5 Å². The Labute approximate surface area is 105 Å². The van der Waals surface area contributed by atoms with Crippen LogP contribution < -0.4 is 0 Å². The number of nitrogens with zero attached hydrogens (tertiary/aromatic N) is 1. The highest BCUT2D eigenvalue weighted by Gasteiger charge is 2.16. The lowest BCUT2D eigenvalue weighted by Crippen LogP contribution is -2.12. The van der Waals surface area contributed by atoms with Gasteiger partial charge in [-0.2, -0.15) is 0 Å². The molecule has 0 spiro atoms. The van der Waals surface area contributed by atoms with E-state index in [0.29, 0.717) is 0 Å². The molecule has 0 fully saturated rings. The van der Waals surface area contributed by atoms with E-state index in [2.05, 4.69) is 0 Å². The second-order valence-corrected chi connectivity index (χ2v) is 4.22. The normalized spacial score (nSPS) is 10.6. The smallest absolute Gasteiger partial charge is 0.303 e. The summed E-state index contributed by atoms with van der Waals surface area (Å²) in [6, 6.07) is 7.66. The predicted octanol–water partition coefficient (Wildman–Crippen LogP) is 2.67. The number of hydrogen-bond donors (Lipinski definition) is 0. The van der Waals surface area contributed by atoms with Crippen molar-refractivity contribution in [1.82, 2.24) is 4.57 Å². The van der Waals surface area contributed by atoms with Crippen LogP contribution in [0.5, 0.6) is 0 Å². The monoisotopic (exact) mass is 245 g/mol. The lowest BCUT2D eigenvalue weighted by atomic mass is 10.1. The molecule has 0 saturated heterocycles. The van der Waals surface area contributed by atoms with Crippen LogP contribution in [0.3, 0.4) is 0 Å². The molecular formula is C14H15NO3. The first-order valence-corrected chi connectivity index (χ1v) is 5.75. The summed E-state index contributed by atoms with van der Waals surface area (Å²) in [4.78, 5) is 22.7. The fourth-order valence-electron chi connectivity index (χ4n) is 2.16. The molecule has 1 aromatic carbocycles. The first kappa shape index (κ1) is 12.4. The summed E-state index contributed by atoms with van der Waals surface area (Å²) in [6.07, 6.45) is 0. The topological polar surface area (TPSA) is 48.3 Å². The van der Waals surface area contributed by atoms with Crippen LogP contribution in [0.1, 0.15) is 29.9 Å². The Morgan fingerprint density at radius 2 is 1.89 bits per heavy atom. The second-order valence-electron chi connectivity index (χ2n) is 4.22. The van der Waals surface area contributed by atoms with Gasteiger partial charge in [0.2, 0.25) is 5.91 Å². The highest BCUT2D eigenvalue weighted by molar-refractivity contribution is 5.95. The van der Waals surface area contributed by atoms with Crippen LogP contribution in [0.15, 0.2) is 24.3 Å². The van der Waals surface area contributed by atoms with Gasteiger partial charge in [0, 0.05) is 19.2 Å². The number of para-hydroxylation sites is 1. The molecule has 1 aromatic heterocycles. The molecule has 2 aromatic rings. The number of esters is 1. The molecule has 94 valence electrons. The lowest BCUT2D eigenvalue weighted by molar-refractivity contribution is -0.142. The minimum absolute atomic E-state index is 0.0820. The van der Waals surface area contributed by atoms with Gasteiger partial charge in [0.25, 0.3) is 0 Å². The van der Waals surface area contributed by atoms with Crippen LogP contribution >= 0.6 is 0 Å². The van der Waals surface area contributed by atoms with Crippen molar-refractivity contribution in [3.8, 4) is 0 Å². The van der Waals surface area contributed by atoms with Crippen molar-refractivity contribution >= 4 is 22.8 Å². The number of carbonyl (C=O) groups is 2. The van der Waals surface area contributed by atoms with Gasteiger partial charge < -0.3 is 4.74 Å². The Morgan fingerprint density at radius 1 is 1.22 bits per heavy atom. The van der Waals surface area contributed by atoms with Crippen molar-refractivity contribution in [2.45, 2.75) is 27.4 Å². The fourth-order valence-corrected chi connectivity index (χ4v) is 2.16. The molecule has 4 nitrogen and oxygen atoms in total. The first-order valence-electron chi connectivity index (χ1n) is 5.75. The largest absolute Gasteiger partial charge is 0.459 e. The minimum Gasteiger partial charge on any atom is -0.459 e. The molecule has 0 bridgehead atoms. The van der Waals surface area contributed by atoms with Gasteiger partial charge in [-0.25, -0.2) is 0 Å². The van der Waals surface area contributed by atoms with Gasteiger partial charge in [0.15, 0.2) is 0 Å². The molecule has 0 aliphatic heterocycles. The van der Waals surface area contributed by atoms with Crippen LogP contribution in [-0.2, 0) is 16.1 Å². The van der Waals surface area contributed by atoms with Crippen molar-refractivity contribution in [2.75, 3.05) is 0 Å². The van der Waals surface area contributed by atoms with Gasteiger partial charge in [-0.3, -0.25) is 14.2 Å². The standard InChI is InChI=1S/C14H15NO3/c1-9-12-6-4-5-7-13(12)15(10(2)16)14(9)8-18-11(3)17/h4-7H,8H2,1-3H3. The van der Waals surface area contributed by atoms with Gasteiger partial charge in [0.05, 0.1) is 11.2 Å². The van der Waals surface area contributed by atoms with E-state index in [1.54, 1.807) is 4.57 Å². The molecule has 0 unspecified atom stereocenters. The van der Waals surface area contributed by atoms with Crippen molar-refractivity contribution in [3.63, 3.8) is 0 Å². The third-order valence-corrected chi connectivity index (χ3v) is 2.98. The fraction of sp³-hybridized carbons (Fsp3) is 0.286. The van der Waals surface area contributed by atoms with E-state index in [4.69, 9.17) is 4.74 Å². The molecule has 0 amide bonds. The van der Waals surface area contributed by atoms with Gasteiger partial charge >= 0.3 is 5.97 Å². The van der Waals surface area contributed by atoms with E-state index < -0.39 is 0 Å². The van der Waals surface area contributed by atoms with Gasteiger partial charge in [-0.05, 0) is 18.6 Å². The number of hydrogen-bond acceptors (Lipinski definition) is 3. The number of aryl methyl sites for hydroxylation is 1. The van der Waals surface area contributed by atoms with Crippen LogP contribution in [0, 0.1) is 6.92 Å².